The lowest BCUT2D eigenvalue weighted by atomic mass is 9.89. The molecule has 0 aromatic heterocycles. The number of ether oxygens (including phenoxy) is 3. The van der Waals surface area contributed by atoms with E-state index in [2.05, 4.69) is 18.0 Å². The van der Waals surface area contributed by atoms with Crippen molar-refractivity contribution in [1.82, 2.24) is 9.80 Å². The molecule has 1 fully saturated rings. The Bertz CT molecular complexity index is 624. The van der Waals surface area contributed by atoms with Crippen molar-refractivity contribution in [2.45, 2.75) is 32.2 Å². The van der Waals surface area contributed by atoms with Crippen LogP contribution in [0.1, 0.15) is 26.2 Å². The van der Waals surface area contributed by atoms with Gasteiger partial charge >= 0.3 is 6.09 Å². The summed E-state index contributed by atoms with van der Waals surface area (Å²) in [5.41, 5.74) is 0. The van der Waals surface area contributed by atoms with Crippen LogP contribution in [0.3, 0.4) is 0 Å². The Hall–Kier alpha value is -2.21. The molecule has 0 radical (unpaired) electrons. The zero-order valence-electron chi connectivity index (χ0n) is 17.1. The first-order valence-corrected chi connectivity index (χ1v) is 9.51. The number of likely N-dealkylation sites (N-methyl/N-ethyl adjacent to an activating group) is 1. The number of benzene rings is 1. The third-order valence-electron chi connectivity index (χ3n) is 5.26. The molecule has 2 unspecified atom stereocenters. The standard InChI is InChI=1S/C13H22N2O2.C8H10O2/c1-4-14(2)13(16)17-11-6-5-10-7-8-15(3)12(10)9-11;1-9-7-5-3-4-6-8(7)10-2/h9-10,12H,4-8H2,1-3H3;3-6H,1-2H3. The SMILES string of the molecule is CCN(C)C(=O)OC1=CC2C(CC1)CCN2C.COc1ccccc1OC. The molecule has 0 saturated carbocycles. The Balaban J connectivity index is 0.000000223. The van der Waals surface area contributed by atoms with Crippen LogP contribution >= 0.6 is 0 Å². The van der Waals surface area contributed by atoms with Gasteiger partial charge in [-0.25, -0.2) is 4.79 Å². The summed E-state index contributed by atoms with van der Waals surface area (Å²) in [7, 11) is 7.15. The summed E-state index contributed by atoms with van der Waals surface area (Å²) in [6.45, 7) is 3.78. The van der Waals surface area contributed by atoms with Crippen LogP contribution in [0.15, 0.2) is 36.1 Å². The van der Waals surface area contributed by atoms with Gasteiger partial charge in [0.15, 0.2) is 11.5 Å². The van der Waals surface area contributed by atoms with Gasteiger partial charge in [0, 0.05) is 26.1 Å². The van der Waals surface area contributed by atoms with E-state index in [9.17, 15) is 4.79 Å². The van der Waals surface area contributed by atoms with Crippen molar-refractivity contribution in [2.24, 2.45) is 5.92 Å². The Kier molecular flexibility index (Phi) is 7.98. The highest BCUT2D eigenvalue weighted by atomic mass is 16.6. The van der Waals surface area contributed by atoms with E-state index in [-0.39, 0.29) is 6.09 Å². The monoisotopic (exact) mass is 376 g/mol. The molecule has 3 rings (SSSR count). The number of fused-ring (bicyclic) bond motifs is 1. The maximum absolute atomic E-state index is 11.7. The molecule has 1 amide bonds. The van der Waals surface area contributed by atoms with Gasteiger partial charge in [-0.2, -0.15) is 0 Å². The summed E-state index contributed by atoms with van der Waals surface area (Å²) >= 11 is 0. The number of likely N-dealkylation sites (tertiary alicyclic amines) is 1. The predicted octanol–water partition coefficient (Wildman–Crippen LogP) is 3.78. The number of methoxy groups -OCH3 is 2. The van der Waals surface area contributed by atoms with Gasteiger partial charge in [0.05, 0.1) is 14.2 Å². The number of rotatable bonds is 4. The lowest BCUT2D eigenvalue weighted by Crippen LogP contribution is -2.32. The van der Waals surface area contributed by atoms with Gasteiger partial charge in [0.25, 0.3) is 0 Å². The van der Waals surface area contributed by atoms with Crippen molar-refractivity contribution in [3.63, 3.8) is 0 Å². The van der Waals surface area contributed by atoms with Gasteiger partial charge in [0.1, 0.15) is 5.76 Å². The second-order valence-electron chi connectivity index (χ2n) is 6.93. The minimum atomic E-state index is -0.238. The van der Waals surface area contributed by atoms with E-state index in [0.29, 0.717) is 12.6 Å². The molecular formula is C21H32N2O4. The smallest absolute Gasteiger partial charge is 0.414 e. The lowest BCUT2D eigenvalue weighted by molar-refractivity contribution is 0.131. The van der Waals surface area contributed by atoms with Gasteiger partial charge in [0.2, 0.25) is 0 Å². The fraction of sp³-hybridized carbons (Fsp3) is 0.571. The molecule has 1 aliphatic heterocycles. The van der Waals surface area contributed by atoms with E-state index < -0.39 is 0 Å². The molecule has 0 spiro atoms. The number of hydrogen-bond donors (Lipinski definition) is 0. The summed E-state index contributed by atoms with van der Waals surface area (Å²) in [6, 6.07) is 8.00. The number of allylic oxidation sites excluding steroid dienone is 1. The van der Waals surface area contributed by atoms with E-state index in [0.717, 1.165) is 42.6 Å². The molecule has 1 heterocycles. The molecular weight excluding hydrogens is 344 g/mol. The number of para-hydroxylation sites is 2. The Labute approximate surface area is 162 Å². The topological polar surface area (TPSA) is 51.2 Å². The first-order chi connectivity index (χ1) is 13.0. The largest absolute Gasteiger partial charge is 0.493 e. The van der Waals surface area contributed by atoms with Crippen LogP contribution in [-0.2, 0) is 4.74 Å². The van der Waals surface area contributed by atoms with E-state index in [1.807, 2.05) is 31.2 Å². The van der Waals surface area contributed by atoms with Crippen molar-refractivity contribution in [2.75, 3.05) is 41.4 Å². The van der Waals surface area contributed by atoms with Gasteiger partial charge in [-0.15, -0.1) is 0 Å². The summed E-state index contributed by atoms with van der Waals surface area (Å²) in [5.74, 6) is 3.15. The Morgan fingerprint density at radius 1 is 1.19 bits per heavy atom. The van der Waals surface area contributed by atoms with E-state index in [4.69, 9.17) is 14.2 Å². The molecule has 2 atom stereocenters. The average Bonchev–Trinajstić information content (AvgIpc) is 3.08. The molecule has 6 nitrogen and oxygen atoms in total. The van der Waals surface area contributed by atoms with E-state index >= 15 is 0 Å². The maximum atomic E-state index is 11.7. The third-order valence-corrected chi connectivity index (χ3v) is 5.26. The van der Waals surface area contributed by atoms with E-state index in [1.165, 1.54) is 6.42 Å². The third kappa shape index (κ3) is 5.63. The molecule has 0 bridgehead atoms. The van der Waals surface area contributed by atoms with Crippen molar-refractivity contribution >= 4 is 6.09 Å². The highest BCUT2D eigenvalue weighted by Gasteiger charge is 2.34. The fourth-order valence-electron chi connectivity index (χ4n) is 3.42. The minimum absolute atomic E-state index is 0.238. The number of carbonyl (C=O) groups excluding carboxylic acids is 1. The van der Waals surface area contributed by atoms with Crippen LogP contribution in [0.4, 0.5) is 4.79 Å². The van der Waals surface area contributed by atoms with Crippen LogP contribution < -0.4 is 9.47 Å². The molecule has 1 aliphatic carbocycles. The average molecular weight is 376 g/mol. The summed E-state index contributed by atoms with van der Waals surface area (Å²) < 4.78 is 15.4. The van der Waals surface area contributed by atoms with Gasteiger partial charge < -0.3 is 19.1 Å². The summed E-state index contributed by atoms with van der Waals surface area (Å²) in [5, 5.41) is 0. The number of nitrogens with zero attached hydrogens (tertiary/aromatic N) is 2. The first-order valence-electron chi connectivity index (χ1n) is 9.51. The molecule has 6 heteroatoms. The Morgan fingerprint density at radius 3 is 2.37 bits per heavy atom. The molecule has 150 valence electrons. The maximum Gasteiger partial charge on any atom is 0.414 e. The van der Waals surface area contributed by atoms with Crippen molar-refractivity contribution in [3.8, 4) is 11.5 Å². The highest BCUT2D eigenvalue weighted by Crippen LogP contribution is 2.34. The van der Waals surface area contributed by atoms with E-state index in [1.54, 1.807) is 26.2 Å². The van der Waals surface area contributed by atoms with Crippen molar-refractivity contribution in [3.05, 3.63) is 36.1 Å². The molecule has 1 saturated heterocycles. The quantitative estimate of drug-likeness (QED) is 0.800. The van der Waals surface area contributed by atoms with Gasteiger partial charge in [-0.3, -0.25) is 4.90 Å². The zero-order chi connectivity index (χ0) is 19.8. The van der Waals surface area contributed by atoms with Crippen LogP contribution in [-0.4, -0.2) is 63.3 Å². The molecule has 0 N–H and O–H groups in total. The number of amides is 1. The van der Waals surface area contributed by atoms with Crippen molar-refractivity contribution < 1.29 is 19.0 Å². The molecule has 1 aromatic carbocycles. The molecule has 27 heavy (non-hydrogen) atoms. The molecule has 2 aliphatic rings. The Morgan fingerprint density at radius 2 is 1.81 bits per heavy atom. The summed E-state index contributed by atoms with van der Waals surface area (Å²) in [4.78, 5) is 15.6. The van der Waals surface area contributed by atoms with Gasteiger partial charge in [-0.1, -0.05) is 12.1 Å². The van der Waals surface area contributed by atoms with Crippen molar-refractivity contribution in [1.29, 1.82) is 0 Å². The van der Waals surface area contributed by atoms with Gasteiger partial charge in [-0.05, 0) is 57.5 Å². The van der Waals surface area contributed by atoms with Crippen LogP contribution in [0.5, 0.6) is 11.5 Å². The van der Waals surface area contributed by atoms with Crippen LogP contribution in [0, 0.1) is 5.92 Å². The second kappa shape index (κ2) is 10.2. The van der Waals surface area contributed by atoms with Crippen LogP contribution in [0.2, 0.25) is 0 Å². The zero-order valence-corrected chi connectivity index (χ0v) is 17.1. The van der Waals surface area contributed by atoms with Crippen LogP contribution in [0.25, 0.3) is 0 Å². The first kappa shape index (κ1) is 21.1. The number of hydrogen-bond acceptors (Lipinski definition) is 5. The number of carbonyl (C=O) groups is 1. The molecule has 1 aromatic rings. The predicted molar refractivity (Wildman–Crippen MR) is 106 cm³/mol. The fourth-order valence-corrected chi connectivity index (χ4v) is 3.42. The highest BCUT2D eigenvalue weighted by molar-refractivity contribution is 5.68. The normalized spacial score (nSPS) is 21.3. The lowest BCUT2D eigenvalue weighted by Gasteiger charge is -2.28. The second-order valence-corrected chi connectivity index (χ2v) is 6.93. The summed E-state index contributed by atoms with van der Waals surface area (Å²) in [6.07, 6.45) is 5.22. The minimum Gasteiger partial charge on any atom is -0.493 e.